The minimum atomic E-state index is 0.0300. The molecule has 0 atom stereocenters. The van der Waals surface area contributed by atoms with Crippen molar-refractivity contribution in [3.8, 4) is 0 Å². The van der Waals surface area contributed by atoms with Gasteiger partial charge in [0, 0.05) is 19.4 Å². The van der Waals surface area contributed by atoms with Crippen LogP contribution in [-0.4, -0.2) is 47.8 Å². The number of piperidine rings is 1. The number of carbonyl (C=O) groups is 2. The van der Waals surface area contributed by atoms with E-state index in [1.54, 1.807) is 0 Å². The Balaban J connectivity index is 1.63. The van der Waals surface area contributed by atoms with Gasteiger partial charge in [-0.15, -0.1) is 0 Å². The summed E-state index contributed by atoms with van der Waals surface area (Å²) in [5, 5.41) is 0. The fraction of sp³-hybridized carbons (Fsp3) is 0.846. The van der Waals surface area contributed by atoms with Crippen LogP contribution in [0.25, 0.3) is 0 Å². The van der Waals surface area contributed by atoms with Crippen LogP contribution in [0, 0.1) is 0 Å². The molecule has 2 aliphatic heterocycles. The number of nitrogens with zero attached hydrogens (tertiary/aromatic N) is 2. The van der Waals surface area contributed by atoms with Crippen molar-refractivity contribution in [2.45, 2.75) is 44.9 Å². The first-order valence-electron chi connectivity index (χ1n) is 6.83. The van der Waals surface area contributed by atoms with Gasteiger partial charge >= 0.3 is 0 Å². The van der Waals surface area contributed by atoms with Gasteiger partial charge < -0.3 is 4.90 Å². The second kappa shape index (κ2) is 6.15. The van der Waals surface area contributed by atoms with E-state index in [-0.39, 0.29) is 11.8 Å². The average molecular weight is 238 g/mol. The van der Waals surface area contributed by atoms with Crippen molar-refractivity contribution >= 4 is 11.8 Å². The number of hydrogen-bond acceptors (Lipinski definition) is 3. The van der Waals surface area contributed by atoms with Crippen molar-refractivity contribution in [1.29, 1.82) is 0 Å². The van der Waals surface area contributed by atoms with E-state index in [0.717, 1.165) is 25.8 Å². The van der Waals surface area contributed by atoms with Gasteiger partial charge in [-0.2, -0.15) is 0 Å². The number of imide groups is 1. The van der Waals surface area contributed by atoms with E-state index in [9.17, 15) is 9.59 Å². The van der Waals surface area contributed by atoms with E-state index >= 15 is 0 Å². The van der Waals surface area contributed by atoms with Gasteiger partial charge in [0.05, 0.1) is 0 Å². The van der Waals surface area contributed by atoms with Crippen molar-refractivity contribution in [2.75, 3.05) is 26.2 Å². The molecule has 2 aliphatic rings. The van der Waals surface area contributed by atoms with Crippen LogP contribution >= 0.6 is 0 Å². The molecule has 4 heteroatoms. The van der Waals surface area contributed by atoms with Gasteiger partial charge in [0.2, 0.25) is 11.8 Å². The van der Waals surface area contributed by atoms with E-state index < -0.39 is 0 Å². The van der Waals surface area contributed by atoms with Gasteiger partial charge in [0.15, 0.2) is 0 Å². The molecule has 0 bridgehead atoms. The third-order valence-corrected chi connectivity index (χ3v) is 3.69. The fourth-order valence-electron chi connectivity index (χ4n) is 2.66. The monoisotopic (exact) mass is 238 g/mol. The number of carbonyl (C=O) groups excluding carboxylic acids is 2. The predicted octanol–water partition coefficient (Wildman–Crippen LogP) is 1.40. The van der Waals surface area contributed by atoms with Crippen molar-refractivity contribution in [2.24, 2.45) is 0 Å². The lowest BCUT2D eigenvalue weighted by Gasteiger charge is -2.25. The summed E-state index contributed by atoms with van der Waals surface area (Å²) < 4.78 is 0. The highest BCUT2D eigenvalue weighted by atomic mass is 16.2. The number of rotatable bonds is 5. The first-order chi connectivity index (χ1) is 8.27. The number of hydrogen-bond donors (Lipinski definition) is 0. The Labute approximate surface area is 103 Å². The highest BCUT2D eigenvalue weighted by Crippen LogP contribution is 2.13. The molecule has 2 heterocycles. The molecule has 0 radical (unpaired) electrons. The molecule has 4 nitrogen and oxygen atoms in total. The smallest absolute Gasteiger partial charge is 0.229 e. The van der Waals surface area contributed by atoms with Crippen LogP contribution in [0.15, 0.2) is 0 Å². The summed E-state index contributed by atoms with van der Waals surface area (Å²) in [6, 6.07) is 0. The Bertz CT molecular complexity index is 269. The lowest BCUT2D eigenvalue weighted by molar-refractivity contribution is -0.148. The van der Waals surface area contributed by atoms with E-state index in [1.165, 1.54) is 30.8 Å². The highest BCUT2D eigenvalue weighted by Gasteiger charge is 2.25. The summed E-state index contributed by atoms with van der Waals surface area (Å²) in [5.74, 6) is 0.0600. The highest BCUT2D eigenvalue weighted by molar-refractivity contribution is 5.97. The lowest BCUT2D eigenvalue weighted by Crippen LogP contribution is -2.40. The molecular formula is C13H22N2O2. The van der Waals surface area contributed by atoms with Crippen molar-refractivity contribution in [3.05, 3.63) is 0 Å². The Hall–Kier alpha value is -0.900. The average Bonchev–Trinajstić information content (AvgIpc) is 2.80. The summed E-state index contributed by atoms with van der Waals surface area (Å²) in [5.41, 5.74) is 0. The van der Waals surface area contributed by atoms with Crippen LogP contribution < -0.4 is 0 Å². The molecule has 0 aromatic heterocycles. The Kier molecular flexibility index (Phi) is 4.54. The zero-order valence-electron chi connectivity index (χ0n) is 10.5. The summed E-state index contributed by atoms with van der Waals surface area (Å²) >= 11 is 0. The first-order valence-corrected chi connectivity index (χ1v) is 6.83. The lowest BCUT2D eigenvalue weighted by atomic mass is 10.1. The third kappa shape index (κ3) is 3.53. The second-order valence-electron chi connectivity index (χ2n) is 5.05. The van der Waals surface area contributed by atoms with Crippen molar-refractivity contribution < 1.29 is 9.59 Å². The normalized spacial score (nSPS) is 22.5. The van der Waals surface area contributed by atoms with Crippen LogP contribution in [0.1, 0.15) is 44.9 Å². The van der Waals surface area contributed by atoms with E-state index in [2.05, 4.69) is 4.90 Å². The molecule has 0 N–H and O–H groups in total. The zero-order chi connectivity index (χ0) is 12.1. The SMILES string of the molecule is O=C1CCCC(=O)N1CCCCN1CCCC1. The summed E-state index contributed by atoms with van der Waals surface area (Å²) in [7, 11) is 0. The molecule has 96 valence electrons. The van der Waals surface area contributed by atoms with E-state index in [1.807, 2.05) is 0 Å². The van der Waals surface area contributed by atoms with Gasteiger partial charge in [0.1, 0.15) is 0 Å². The molecule has 2 rings (SSSR count). The van der Waals surface area contributed by atoms with Gasteiger partial charge in [-0.1, -0.05) is 0 Å². The maximum absolute atomic E-state index is 11.5. The van der Waals surface area contributed by atoms with E-state index in [4.69, 9.17) is 0 Å². The van der Waals surface area contributed by atoms with Crippen LogP contribution in [0.2, 0.25) is 0 Å². The molecular weight excluding hydrogens is 216 g/mol. The third-order valence-electron chi connectivity index (χ3n) is 3.69. The molecule has 2 saturated heterocycles. The van der Waals surface area contributed by atoms with Gasteiger partial charge in [-0.05, 0) is 51.7 Å². The first kappa shape index (κ1) is 12.6. The maximum Gasteiger partial charge on any atom is 0.229 e. The maximum atomic E-state index is 11.5. The molecule has 0 aromatic carbocycles. The molecule has 2 fully saturated rings. The quantitative estimate of drug-likeness (QED) is 0.537. The molecule has 17 heavy (non-hydrogen) atoms. The van der Waals surface area contributed by atoms with Crippen molar-refractivity contribution in [1.82, 2.24) is 9.80 Å². The van der Waals surface area contributed by atoms with Crippen LogP contribution in [-0.2, 0) is 9.59 Å². The molecule has 0 saturated carbocycles. The van der Waals surface area contributed by atoms with E-state index in [0.29, 0.717) is 19.4 Å². The Morgan fingerprint density at radius 3 is 2.06 bits per heavy atom. The molecule has 2 amide bonds. The Morgan fingerprint density at radius 1 is 0.824 bits per heavy atom. The van der Waals surface area contributed by atoms with Crippen LogP contribution in [0.5, 0.6) is 0 Å². The van der Waals surface area contributed by atoms with Gasteiger partial charge in [0.25, 0.3) is 0 Å². The van der Waals surface area contributed by atoms with Crippen LogP contribution in [0.4, 0.5) is 0 Å². The summed E-state index contributed by atoms with van der Waals surface area (Å²) in [6.45, 7) is 4.20. The van der Waals surface area contributed by atoms with Crippen LogP contribution in [0.3, 0.4) is 0 Å². The van der Waals surface area contributed by atoms with Gasteiger partial charge in [-0.25, -0.2) is 0 Å². The summed E-state index contributed by atoms with van der Waals surface area (Å²) in [4.78, 5) is 27.0. The molecule has 0 unspecified atom stereocenters. The number of likely N-dealkylation sites (tertiary alicyclic amines) is 2. The largest absolute Gasteiger partial charge is 0.303 e. The predicted molar refractivity (Wildman–Crippen MR) is 65.5 cm³/mol. The molecule has 0 spiro atoms. The Morgan fingerprint density at radius 2 is 1.41 bits per heavy atom. The zero-order valence-corrected chi connectivity index (χ0v) is 10.5. The van der Waals surface area contributed by atoms with Gasteiger partial charge in [-0.3, -0.25) is 14.5 Å². The molecule has 0 aliphatic carbocycles. The fourth-order valence-corrected chi connectivity index (χ4v) is 2.66. The second-order valence-corrected chi connectivity index (χ2v) is 5.05. The number of unbranched alkanes of at least 4 members (excludes halogenated alkanes) is 1. The summed E-state index contributed by atoms with van der Waals surface area (Å²) in [6.07, 6.45) is 6.54. The minimum Gasteiger partial charge on any atom is -0.303 e. The number of amides is 2. The topological polar surface area (TPSA) is 40.6 Å². The molecule has 0 aromatic rings. The van der Waals surface area contributed by atoms with Crippen molar-refractivity contribution in [3.63, 3.8) is 0 Å². The minimum absolute atomic E-state index is 0.0300. The standard InChI is InChI=1S/C13H22N2O2/c16-12-6-5-7-13(17)15(12)11-4-3-10-14-8-1-2-9-14/h1-11H2.